The van der Waals surface area contributed by atoms with E-state index in [4.69, 9.17) is 21.7 Å². The first kappa shape index (κ1) is 25.9. The summed E-state index contributed by atoms with van der Waals surface area (Å²) in [5.41, 5.74) is 2.57. The molecule has 5 aliphatic rings. The monoisotopic (exact) mass is 531 g/mol. The zero-order valence-electron chi connectivity index (χ0n) is 21.1. The lowest BCUT2D eigenvalue weighted by atomic mass is 9.95. The molecule has 0 radical (unpaired) electrons. The number of piperidine rings is 1. The van der Waals surface area contributed by atoms with Crippen LogP contribution in [-0.2, 0) is 0 Å². The number of carbonyl (C=O) groups is 1. The Kier molecular flexibility index (Phi) is 7.36. The summed E-state index contributed by atoms with van der Waals surface area (Å²) in [6.45, 7) is 4.86. The molecule has 1 amide bonds. The number of aliphatic imine (C=N–C) groups is 1. The van der Waals surface area contributed by atoms with Gasteiger partial charge in [0.05, 0.1) is 35.1 Å². The maximum absolute atomic E-state index is 14.3. The van der Waals surface area contributed by atoms with Gasteiger partial charge in [0.25, 0.3) is 5.91 Å². The number of alkyl halides is 1. The number of nitrogens with one attached hydrogen (secondary N) is 2. The molecule has 0 spiro atoms. The molecule has 198 valence electrons. The number of allylic oxidation sites excluding steroid dienone is 2. The molecule has 1 aromatic rings. The Morgan fingerprint density at radius 1 is 1.27 bits per heavy atom. The summed E-state index contributed by atoms with van der Waals surface area (Å²) < 4.78 is 33.7. The third-order valence-corrected chi connectivity index (χ3v) is 8.31. The van der Waals surface area contributed by atoms with Gasteiger partial charge in [0.1, 0.15) is 30.2 Å². The summed E-state index contributed by atoms with van der Waals surface area (Å²) >= 11 is 6.23. The van der Waals surface area contributed by atoms with Gasteiger partial charge in [0.15, 0.2) is 0 Å². The van der Waals surface area contributed by atoms with E-state index in [1.54, 1.807) is 11.8 Å². The fourth-order valence-corrected chi connectivity index (χ4v) is 5.98. The van der Waals surface area contributed by atoms with Gasteiger partial charge in [-0.2, -0.15) is 0 Å². The molecule has 0 unspecified atom stereocenters. The second-order valence-corrected chi connectivity index (χ2v) is 10.7. The molecule has 6 rings (SSSR count). The van der Waals surface area contributed by atoms with Gasteiger partial charge in [0, 0.05) is 36.5 Å². The minimum absolute atomic E-state index is 0.118. The van der Waals surface area contributed by atoms with Crippen molar-refractivity contribution in [1.82, 2.24) is 15.1 Å². The first-order chi connectivity index (χ1) is 17.7. The summed E-state index contributed by atoms with van der Waals surface area (Å²) in [5, 5.41) is 12.2. The van der Waals surface area contributed by atoms with Crippen molar-refractivity contribution in [2.24, 2.45) is 10.9 Å². The number of amides is 1. The van der Waals surface area contributed by atoms with Crippen LogP contribution in [0.3, 0.4) is 0 Å². The average molecular weight is 532 g/mol. The van der Waals surface area contributed by atoms with Crippen LogP contribution in [-0.4, -0.2) is 72.1 Å². The Labute approximate surface area is 220 Å². The van der Waals surface area contributed by atoms with Crippen LogP contribution in [0.15, 0.2) is 45.3 Å². The third-order valence-electron chi connectivity index (χ3n) is 7.76. The minimum Gasteiger partial charge on any atom is -0.489 e. The van der Waals surface area contributed by atoms with Gasteiger partial charge in [0.2, 0.25) is 0 Å². The van der Waals surface area contributed by atoms with E-state index in [9.17, 15) is 13.6 Å². The van der Waals surface area contributed by atoms with Crippen molar-refractivity contribution < 1.29 is 18.3 Å². The molecule has 3 atom stereocenters. The van der Waals surface area contributed by atoms with Crippen LogP contribution in [0.2, 0.25) is 0 Å². The van der Waals surface area contributed by atoms with Gasteiger partial charge >= 0.3 is 0 Å². The molecule has 0 aromatic heterocycles. The number of carbonyl (C=O) groups excluding carboxylic acids is 1. The van der Waals surface area contributed by atoms with Crippen LogP contribution >= 0.6 is 11.6 Å². The molecule has 4 fully saturated rings. The Morgan fingerprint density at radius 2 is 2.08 bits per heavy atom. The number of likely N-dealkylation sites (tertiary alicyclic amines) is 1. The maximum atomic E-state index is 14.3. The van der Waals surface area contributed by atoms with Gasteiger partial charge in [-0.3, -0.25) is 9.69 Å². The lowest BCUT2D eigenvalue weighted by molar-refractivity contribution is 0.0793. The number of rotatable bonds is 5. The van der Waals surface area contributed by atoms with Crippen LogP contribution in [0.4, 0.5) is 8.78 Å². The second-order valence-electron chi connectivity index (χ2n) is 10.4. The van der Waals surface area contributed by atoms with Crippen LogP contribution in [0.25, 0.3) is 0 Å². The van der Waals surface area contributed by atoms with E-state index in [1.165, 1.54) is 18.2 Å². The molecule has 1 aromatic carbocycles. The molecule has 7 nitrogen and oxygen atoms in total. The summed E-state index contributed by atoms with van der Waals surface area (Å²) in [4.78, 5) is 21.8. The zero-order chi connectivity index (χ0) is 26.3. The molecule has 2 N–H and O–H groups in total. The van der Waals surface area contributed by atoms with E-state index in [2.05, 4.69) is 15.2 Å². The number of ether oxygens (including phenoxy) is 1. The highest BCUT2D eigenvalue weighted by molar-refractivity contribution is 6.43. The molecule has 37 heavy (non-hydrogen) atoms. The van der Waals surface area contributed by atoms with E-state index < -0.39 is 5.82 Å². The Hall–Kier alpha value is -2.78. The highest BCUT2D eigenvalue weighted by atomic mass is 35.5. The largest absolute Gasteiger partial charge is 0.489 e. The molecule has 1 saturated carbocycles. The third kappa shape index (κ3) is 5.29. The minimum atomic E-state index is -0.477. The molecule has 2 bridgehead atoms. The number of nitrogens with zero attached hydrogens (tertiary/aromatic N) is 3. The van der Waals surface area contributed by atoms with Gasteiger partial charge in [-0.15, -0.1) is 0 Å². The molecule has 4 heterocycles. The fourth-order valence-electron chi connectivity index (χ4n) is 5.89. The van der Waals surface area contributed by atoms with E-state index in [1.807, 2.05) is 6.92 Å². The van der Waals surface area contributed by atoms with Crippen molar-refractivity contribution >= 4 is 28.9 Å². The van der Waals surface area contributed by atoms with Gasteiger partial charge in [-0.1, -0.05) is 11.6 Å². The SMILES string of the molecule is CC1=N/C(=C2\CN(C(=O)c3ccc(F)cc3O[C@@H]3C[C@H]4CC[C@H](C3)N(CCF)C4)CC2=N)NC(C)=C1Cl. The molecular formula is C27H32ClF2N5O2. The quantitative estimate of drug-likeness (QED) is 0.580. The van der Waals surface area contributed by atoms with Crippen LogP contribution in [0.1, 0.15) is 49.9 Å². The highest BCUT2D eigenvalue weighted by Gasteiger charge is 2.37. The first-order valence-corrected chi connectivity index (χ1v) is 13.2. The lowest BCUT2D eigenvalue weighted by Gasteiger charge is -2.35. The summed E-state index contributed by atoms with van der Waals surface area (Å²) in [7, 11) is 0. The fraction of sp³-hybridized carbons (Fsp3) is 0.519. The van der Waals surface area contributed by atoms with Crippen molar-refractivity contribution in [3.63, 3.8) is 0 Å². The second kappa shape index (κ2) is 10.5. The Balaban J connectivity index is 1.35. The number of benzene rings is 1. The van der Waals surface area contributed by atoms with Crippen molar-refractivity contribution in [3.05, 3.63) is 51.7 Å². The first-order valence-electron chi connectivity index (χ1n) is 12.8. The smallest absolute Gasteiger partial charge is 0.258 e. The predicted octanol–water partition coefficient (Wildman–Crippen LogP) is 4.64. The van der Waals surface area contributed by atoms with E-state index in [-0.39, 0.29) is 54.8 Å². The van der Waals surface area contributed by atoms with Gasteiger partial charge in [-0.25, -0.2) is 13.8 Å². The van der Waals surface area contributed by atoms with E-state index in [0.717, 1.165) is 37.9 Å². The van der Waals surface area contributed by atoms with Crippen LogP contribution in [0.5, 0.6) is 5.75 Å². The number of fused-ring (bicyclic) bond motifs is 4. The van der Waals surface area contributed by atoms with E-state index in [0.29, 0.717) is 34.6 Å². The van der Waals surface area contributed by atoms with Crippen molar-refractivity contribution in [2.45, 2.75) is 51.7 Å². The number of hydrogen-bond acceptors (Lipinski definition) is 6. The Morgan fingerprint density at radius 3 is 2.84 bits per heavy atom. The van der Waals surface area contributed by atoms with Gasteiger partial charge in [-0.05, 0) is 57.6 Å². The average Bonchev–Trinajstić information content (AvgIpc) is 3.04. The summed E-state index contributed by atoms with van der Waals surface area (Å²) in [6, 6.07) is 4.22. The zero-order valence-corrected chi connectivity index (χ0v) is 21.9. The van der Waals surface area contributed by atoms with Crippen molar-refractivity contribution in [3.8, 4) is 5.75 Å². The van der Waals surface area contributed by atoms with Gasteiger partial charge < -0.3 is 20.4 Å². The summed E-state index contributed by atoms with van der Waals surface area (Å²) in [6.07, 6.45) is 3.43. The van der Waals surface area contributed by atoms with Crippen molar-refractivity contribution in [2.75, 3.05) is 32.9 Å². The van der Waals surface area contributed by atoms with Crippen molar-refractivity contribution in [1.29, 1.82) is 5.41 Å². The summed E-state index contributed by atoms with van der Waals surface area (Å²) in [5.74, 6) is 0.329. The standard InChI is InChI=1S/C27H32ClF2N5O2/c1-15-25(28)16(2)33-26(32-15)22-13-35(14-23(22)31)27(36)21-6-4-18(30)10-24(21)37-20-9-17-3-5-19(11-20)34(12-17)8-7-29/h4,6,10,17,19-20,31-32H,3,5,7-9,11-14H2,1-2H3/b26-22+,31-23?/t17-,19-,20-/m1/s1. The Bertz CT molecular complexity index is 1210. The highest BCUT2D eigenvalue weighted by Crippen LogP contribution is 2.36. The predicted molar refractivity (Wildman–Crippen MR) is 140 cm³/mol. The van der Waals surface area contributed by atoms with Crippen LogP contribution in [0, 0.1) is 17.1 Å². The number of hydrogen-bond donors (Lipinski definition) is 2. The molecule has 4 aliphatic heterocycles. The maximum Gasteiger partial charge on any atom is 0.258 e. The van der Waals surface area contributed by atoms with Crippen LogP contribution < -0.4 is 10.1 Å². The normalized spacial score (nSPS) is 28.4. The van der Waals surface area contributed by atoms with E-state index >= 15 is 0 Å². The molecule has 10 heteroatoms. The molecular weight excluding hydrogens is 500 g/mol. The molecule has 1 aliphatic carbocycles. The lowest BCUT2D eigenvalue weighted by Crippen LogP contribution is -2.42. The number of halogens is 3. The topological polar surface area (TPSA) is 81.0 Å². The molecule has 3 saturated heterocycles.